The fourth-order valence-corrected chi connectivity index (χ4v) is 2.53. The Labute approximate surface area is 181 Å². The van der Waals surface area contributed by atoms with E-state index in [1.54, 1.807) is 13.8 Å². The molecular formula is C19H35N5O7. The highest BCUT2D eigenvalue weighted by Crippen LogP contribution is 2.05. The van der Waals surface area contributed by atoms with Gasteiger partial charge < -0.3 is 37.6 Å². The second-order valence-corrected chi connectivity index (χ2v) is 7.68. The second kappa shape index (κ2) is 14.3. The molecule has 0 radical (unpaired) electrons. The van der Waals surface area contributed by atoms with Crippen LogP contribution >= 0.6 is 0 Å². The van der Waals surface area contributed by atoms with E-state index >= 15 is 0 Å². The van der Waals surface area contributed by atoms with Gasteiger partial charge in [-0.05, 0) is 45.1 Å². The van der Waals surface area contributed by atoms with E-state index in [0.717, 1.165) is 0 Å². The van der Waals surface area contributed by atoms with Crippen molar-refractivity contribution >= 4 is 29.7 Å². The predicted molar refractivity (Wildman–Crippen MR) is 112 cm³/mol. The number of aliphatic carboxylic acids is 2. The van der Waals surface area contributed by atoms with Gasteiger partial charge in [-0.2, -0.15) is 0 Å². The highest BCUT2D eigenvalue weighted by molar-refractivity contribution is 5.94. The molecule has 0 saturated carbocycles. The number of hydrogen-bond donors (Lipinski definition) is 7. The van der Waals surface area contributed by atoms with Crippen molar-refractivity contribution in [2.45, 2.75) is 77.0 Å². The van der Waals surface area contributed by atoms with Crippen molar-refractivity contribution in [1.29, 1.82) is 0 Å². The summed E-state index contributed by atoms with van der Waals surface area (Å²) in [5, 5.41) is 25.1. The summed E-state index contributed by atoms with van der Waals surface area (Å²) in [5.41, 5.74) is 11.3. The maximum Gasteiger partial charge on any atom is 0.326 e. The van der Waals surface area contributed by atoms with Gasteiger partial charge in [0.25, 0.3) is 0 Å². The van der Waals surface area contributed by atoms with E-state index in [2.05, 4.69) is 16.0 Å². The molecule has 3 amide bonds. The Bertz CT molecular complexity index is 641. The van der Waals surface area contributed by atoms with Crippen LogP contribution in [0.4, 0.5) is 0 Å². The fraction of sp³-hybridized carbons (Fsp3) is 0.737. The van der Waals surface area contributed by atoms with Crippen LogP contribution < -0.4 is 27.4 Å². The molecule has 0 aromatic carbocycles. The third-order valence-electron chi connectivity index (χ3n) is 4.61. The Morgan fingerprint density at radius 2 is 1.39 bits per heavy atom. The number of unbranched alkanes of at least 4 members (excludes halogenated alkanes) is 1. The van der Waals surface area contributed by atoms with Crippen LogP contribution in [-0.2, 0) is 24.0 Å². The summed E-state index contributed by atoms with van der Waals surface area (Å²) >= 11 is 0. The number of rotatable bonds is 15. The van der Waals surface area contributed by atoms with Gasteiger partial charge >= 0.3 is 11.9 Å². The molecule has 0 aromatic heterocycles. The first-order chi connectivity index (χ1) is 14.4. The standard InChI is InChI=1S/C19H35N5O7/c1-10(2)15(21)18(29)23-12(6-4-5-9-20)17(28)22-11(3)16(27)24-13(19(30)31)7-8-14(25)26/h10-13,15H,4-9,20-21H2,1-3H3,(H,22,28)(H,23,29)(H,24,27)(H,25,26)(H,30,31). The van der Waals surface area contributed by atoms with Gasteiger partial charge in [-0.3, -0.25) is 19.2 Å². The minimum absolute atomic E-state index is 0.142. The minimum atomic E-state index is -1.41. The number of carbonyl (C=O) groups excluding carboxylic acids is 3. The number of carboxylic acid groups (broad SMARTS) is 2. The molecule has 0 aromatic rings. The van der Waals surface area contributed by atoms with Crippen molar-refractivity contribution in [2.75, 3.05) is 6.54 Å². The van der Waals surface area contributed by atoms with Crippen molar-refractivity contribution in [3.05, 3.63) is 0 Å². The van der Waals surface area contributed by atoms with Crippen LogP contribution in [0.5, 0.6) is 0 Å². The number of amides is 3. The Hall–Kier alpha value is -2.73. The average Bonchev–Trinajstić information content (AvgIpc) is 2.68. The molecule has 178 valence electrons. The smallest absolute Gasteiger partial charge is 0.326 e. The second-order valence-electron chi connectivity index (χ2n) is 7.68. The fourth-order valence-electron chi connectivity index (χ4n) is 2.53. The lowest BCUT2D eigenvalue weighted by Gasteiger charge is -2.24. The third-order valence-corrected chi connectivity index (χ3v) is 4.61. The first kappa shape index (κ1) is 28.3. The Morgan fingerprint density at radius 1 is 0.806 bits per heavy atom. The van der Waals surface area contributed by atoms with Crippen molar-refractivity contribution in [3.8, 4) is 0 Å². The number of nitrogens with one attached hydrogen (secondary N) is 3. The Balaban J connectivity index is 5.06. The normalized spacial score (nSPS) is 14.8. The zero-order valence-corrected chi connectivity index (χ0v) is 18.2. The van der Waals surface area contributed by atoms with Crippen molar-refractivity contribution in [3.63, 3.8) is 0 Å². The summed E-state index contributed by atoms with van der Waals surface area (Å²) in [6, 6.07) is -4.28. The third kappa shape index (κ3) is 11.3. The largest absolute Gasteiger partial charge is 0.481 e. The average molecular weight is 446 g/mol. The van der Waals surface area contributed by atoms with E-state index in [1.807, 2.05) is 0 Å². The molecule has 0 aliphatic carbocycles. The maximum absolute atomic E-state index is 12.6. The molecule has 0 aliphatic heterocycles. The number of nitrogens with two attached hydrogens (primary N) is 2. The van der Waals surface area contributed by atoms with Gasteiger partial charge in [-0.15, -0.1) is 0 Å². The van der Waals surface area contributed by atoms with Crippen LogP contribution in [0.2, 0.25) is 0 Å². The monoisotopic (exact) mass is 445 g/mol. The molecule has 0 bridgehead atoms. The Kier molecular flexibility index (Phi) is 13.0. The molecule has 0 fully saturated rings. The molecule has 12 nitrogen and oxygen atoms in total. The zero-order chi connectivity index (χ0) is 24.1. The lowest BCUT2D eigenvalue weighted by Crippen LogP contribution is -2.56. The van der Waals surface area contributed by atoms with Crippen molar-refractivity contribution in [1.82, 2.24) is 16.0 Å². The molecule has 0 rings (SSSR count). The van der Waals surface area contributed by atoms with Crippen LogP contribution in [0, 0.1) is 5.92 Å². The molecular weight excluding hydrogens is 410 g/mol. The molecule has 4 unspecified atom stereocenters. The SMILES string of the molecule is CC(NC(=O)C(CCCCN)NC(=O)C(N)C(C)C)C(=O)NC(CCC(=O)O)C(=O)O. The van der Waals surface area contributed by atoms with Crippen LogP contribution in [-0.4, -0.2) is 70.6 Å². The molecule has 12 heteroatoms. The first-order valence-corrected chi connectivity index (χ1v) is 10.2. The van der Waals surface area contributed by atoms with Crippen LogP contribution in [0.15, 0.2) is 0 Å². The highest BCUT2D eigenvalue weighted by Gasteiger charge is 2.28. The summed E-state index contributed by atoms with van der Waals surface area (Å²) in [6.45, 7) is 5.30. The van der Waals surface area contributed by atoms with Gasteiger partial charge in [-0.1, -0.05) is 13.8 Å². The van der Waals surface area contributed by atoms with Crippen LogP contribution in [0.1, 0.15) is 52.9 Å². The molecule has 0 heterocycles. The van der Waals surface area contributed by atoms with Crippen LogP contribution in [0.3, 0.4) is 0 Å². The summed E-state index contributed by atoms with van der Waals surface area (Å²) < 4.78 is 0. The van der Waals surface area contributed by atoms with Crippen molar-refractivity contribution < 1.29 is 34.2 Å². The topological polar surface area (TPSA) is 214 Å². The van der Waals surface area contributed by atoms with Gasteiger partial charge in [0.15, 0.2) is 0 Å². The van der Waals surface area contributed by atoms with E-state index in [1.165, 1.54) is 6.92 Å². The number of hydrogen-bond acceptors (Lipinski definition) is 7. The van der Waals surface area contributed by atoms with E-state index < -0.39 is 60.2 Å². The van der Waals surface area contributed by atoms with Gasteiger partial charge in [0, 0.05) is 6.42 Å². The van der Waals surface area contributed by atoms with E-state index in [4.69, 9.17) is 21.7 Å². The quantitative estimate of drug-likeness (QED) is 0.146. The lowest BCUT2D eigenvalue weighted by atomic mass is 10.0. The summed E-state index contributed by atoms with van der Waals surface area (Å²) in [5.74, 6) is -4.64. The molecule has 4 atom stereocenters. The van der Waals surface area contributed by atoms with Gasteiger partial charge in [0.05, 0.1) is 6.04 Å². The molecule has 0 aliphatic rings. The summed E-state index contributed by atoms with van der Waals surface area (Å²) in [6.07, 6.45) is 0.730. The lowest BCUT2D eigenvalue weighted by molar-refractivity contribution is -0.143. The molecule has 31 heavy (non-hydrogen) atoms. The first-order valence-electron chi connectivity index (χ1n) is 10.2. The molecule has 9 N–H and O–H groups in total. The Morgan fingerprint density at radius 3 is 1.87 bits per heavy atom. The van der Waals surface area contributed by atoms with Gasteiger partial charge in [0.2, 0.25) is 17.7 Å². The van der Waals surface area contributed by atoms with E-state index in [9.17, 15) is 24.0 Å². The van der Waals surface area contributed by atoms with Gasteiger partial charge in [-0.25, -0.2) is 4.79 Å². The van der Waals surface area contributed by atoms with Crippen LogP contribution in [0.25, 0.3) is 0 Å². The predicted octanol–water partition coefficient (Wildman–Crippen LogP) is -1.48. The minimum Gasteiger partial charge on any atom is -0.481 e. The van der Waals surface area contributed by atoms with E-state index in [-0.39, 0.29) is 18.8 Å². The molecule has 0 saturated heterocycles. The maximum atomic E-state index is 12.6. The molecule has 0 spiro atoms. The zero-order valence-electron chi connectivity index (χ0n) is 18.2. The highest BCUT2D eigenvalue weighted by atomic mass is 16.4. The number of carbonyl (C=O) groups is 5. The van der Waals surface area contributed by atoms with Crippen molar-refractivity contribution in [2.24, 2.45) is 17.4 Å². The summed E-state index contributed by atoms with van der Waals surface area (Å²) in [4.78, 5) is 59.1. The summed E-state index contributed by atoms with van der Waals surface area (Å²) in [7, 11) is 0. The van der Waals surface area contributed by atoms with E-state index in [0.29, 0.717) is 19.4 Å². The number of carboxylic acids is 2. The van der Waals surface area contributed by atoms with Gasteiger partial charge in [0.1, 0.15) is 18.1 Å².